The molecule has 0 saturated heterocycles. The van der Waals surface area contributed by atoms with E-state index in [9.17, 15) is 0 Å². The lowest BCUT2D eigenvalue weighted by atomic mass is 10.1. The van der Waals surface area contributed by atoms with Crippen molar-refractivity contribution in [2.45, 2.75) is 58.5 Å². The smallest absolute Gasteiger partial charge is 0.157 e. The van der Waals surface area contributed by atoms with Gasteiger partial charge in [-0.15, -0.1) is 0 Å². The van der Waals surface area contributed by atoms with Crippen LogP contribution in [0.2, 0.25) is 0 Å². The molecule has 3 heteroatoms. The van der Waals surface area contributed by atoms with E-state index in [0.29, 0.717) is 0 Å². The first-order chi connectivity index (χ1) is 12.7. The molecule has 0 aliphatic carbocycles. The zero-order chi connectivity index (χ0) is 18.6. The lowest BCUT2D eigenvalue weighted by Gasteiger charge is -2.19. The predicted molar refractivity (Wildman–Crippen MR) is 117 cm³/mol. The van der Waals surface area contributed by atoms with Crippen LogP contribution in [0.25, 0.3) is 0 Å². The average Bonchev–Trinajstić information content (AvgIpc) is 2.69. The minimum atomic E-state index is 0.157. The molecule has 2 atom stereocenters. The van der Waals surface area contributed by atoms with Crippen LogP contribution < -0.4 is 5.32 Å². The number of nitrogens with zero attached hydrogens (tertiary/aromatic N) is 1. The summed E-state index contributed by atoms with van der Waals surface area (Å²) in [5.41, 5.74) is 2.55. The molecule has 1 N–H and O–H groups in total. The van der Waals surface area contributed by atoms with Crippen molar-refractivity contribution in [3.8, 4) is 0 Å². The highest BCUT2D eigenvalue weighted by Gasteiger charge is 2.11. The van der Waals surface area contributed by atoms with Gasteiger partial charge in [0.15, 0.2) is 5.17 Å². The number of rotatable bonds is 9. The summed E-state index contributed by atoms with van der Waals surface area (Å²) in [6, 6.07) is 21.5. The first-order valence-corrected chi connectivity index (χ1v) is 10.8. The third kappa shape index (κ3) is 7.25. The fraction of sp³-hybridized carbons (Fsp3) is 0.435. The van der Waals surface area contributed by atoms with Crippen molar-refractivity contribution in [3.63, 3.8) is 0 Å². The van der Waals surface area contributed by atoms with Crippen molar-refractivity contribution in [2.75, 3.05) is 5.75 Å². The highest BCUT2D eigenvalue weighted by molar-refractivity contribution is 8.13. The van der Waals surface area contributed by atoms with Gasteiger partial charge in [-0.05, 0) is 31.4 Å². The van der Waals surface area contributed by atoms with E-state index < -0.39 is 0 Å². The molecule has 26 heavy (non-hydrogen) atoms. The maximum atomic E-state index is 5.00. The summed E-state index contributed by atoms with van der Waals surface area (Å²) < 4.78 is 0. The Morgan fingerprint density at radius 1 is 0.885 bits per heavy atom. The first kappa shape index (κ1) is 20.6. The van der Waals surface area contributed by atoms with Gasteiger partial charge in [0.25, 0.3) is 0 Å². The second kappa shape index (κ2) is 11.8. The number of amidine groups is 1. The fourth-order valence-electron chi connectivity index (χ4n) is 2.81. The molecular weight excluding hydrogens is 336 g/mol. The molecule has 0 fully saturated rings. The monoisotopic (exact) mass is 368 g/mol. The topological polar surface area (TPSA) is 24.4 Å². The number of hydrogen-bond acceptors (Lipinski definition) is 2. The SMILES string of the molecule is CCCCCCSC(=N[C@@H](C)c1ccccc1)N[C@@H](C)c1ccccc1. The maximum absolute atomic E-state index is 5.00. The van der Waals surface area contributed by atoms with Crippen LogP contribution >= 0.6 is 11.8 Å². The van der Waals surface area contributed by atoms with Gasteiger partial charge in [0.1, 0.15) is 0 Å². The largest absolute Gasteiger partial charge is 0.358 e. The molecule has 2 aromatic rings. The number of aliphatic imine (C=N–C) groups is 1. The molecule has 2 nitrogen and oxygen atoms in total. The Kier molecular flexibility index (Phi) is 9.33. The summed E-state index contributed by atoms with van der Waals surface area (Å²) in [4.78, 5) is 5.00. The molecule has 0 heterocycles. The van der Waals surface area contributed by atoms with E-state index in [1.54, 1.807) is 0 Å². The highest BCUT2D eigenvalue weighted by Crippen LogP contribution is 2.21. The van der Waals surface area contributed by atoms with Crippen LogP contribution in [0.4, 0.5) is 0 Å². The maximum Gasteiger partial charge on any atom is 0.157 e. The van der Waals surface area contributed by atoms with Crippen molar-refractivity contribution in [1.29, 1.82) is 0 Å². The Morgan fingerprint density at radius 3 is 2.12 bits per heavy atom. The normalized spacial score (nSPS) is 14.0. The van der Waals surface area contributed by atoms with Gasteiger partial charge in [-0.2, -0.15) is 0 Å². The summed E-state index contributed by atoms with van der Waals surface area (Å²) in [6.45, 7) is 6.63. The van der Waals surface area contributed by atoms with Crippen molar-refractivity contribution >= 4 is 16.9 Å². The zero-order valence-corrected chi connectivity index (χ0v) is 17.1. The molecule has 2 rings (SSSR count). The average molecular weight is 369 g/mol. The molecule has 140 valence electrons. The quantitative estimate of drug-likeness (QED) is 0.300. The summed E-state index contributed by atoms with van der Waals surface area (Å²) in [7, 11) is 0. The number of hydrogen-bond donors (Lipinski definition) is 1. The zero-order valence-electron chi connectivity index (χ0n) is 16.3. The molecule has 0 bridgehead atoms. The molecule has 2 aromatic carbocycles. The number of thioether (sulfide) groups is 1. The molecule has 0 radical (unpaired) electrons. The molecular formula is C23H32N2S. The molecule has 0 unspecified atom stereocenters. The van der Waals surface area contributed by atoms with E-state index in [2.05, 4.69) is 86.8 Å². The van der Waals surface area contributed by atoms with Gasteiger partial charge in [-0.1, -0.05) is 98.6 Å². The van der Waals surface area contributed by atoms with E-state index in [0.717, 1.165) is 10.9 Å². The van der Waals surface area contributed by atoms with Gasteiger partial charge in [0, 0.05) is 5.75 Å². The lowest BCUT2D eigenvalue weighted by Crippen LogP contribution is -2.25. The van der Waals surface area contributed by atoms with Crippen molar-refractivity contribution in [1.82, 2.24) is 5.32 Å². The first-order valence-electron chi connectivity index (χ1n) is 9.77. The van der Waals surface area contributed by atoms with Gasteiger partial charge in [-0.25, -0.2) is 0 Å². The van der Waals surface area contributed by atoms with Crippen LogP contribution in [-0.4, -0.2) is 10.9 Å². The Balaban J connectivity index is 2.04. The number of nitrogens with one attached hydrogen (secondary N) is 1. The van der Waals surface area contributed by atoms with E-state index >= 15 is 0 Å². The fourth-order valence-corrected chi connectivity index (χ4v) is 3.84. The molecule has 0 aromatic heterocycles. The summed E-state index contributed by atoms with van der Waals surface area (Å²) in [6.07, 6.45) is 5.15. The molecule has 0 aliphatic heterocycles. The molecule has 0 saturated carbocycles. The van der Waals surface area contributed by atoms with Crippen LogP contribution in [0.15, 0.2) is 65.7 Å². The van der Waals surface area contributed by atoms with Crippen molar-refractivity contribution in [2.24, 2.45) is 4.99 Å². The third-order valence-corrected chi connectivity index (χ3v) is 5.46. The van der Waals surface area contributed by atoms with Crippen LogP contribution in [0.1, 0.15) is 69.7 Å². The van der Waals surface area contributed by atoms with Crippen molar-refractivity contribution < 1.29 is 0 Å². The van der Waals surface area contributed by atoms with Gasteiger partial charge in [-0.3, -0.25) is 4.99 Å². The third-order valence-electron chi connectivity index (χ3n) is 4.47. The number of benzene rings is 2. The molecule has 0 spiro atoms. The van der Waals surface area contributed by atoms with E-state index in [1.807, 2.05) is 11.8 Å². The molecule has 0 amide bonds. The lowest BCUT2D eigenvalue weighted by molar-refractivity contribution is 0.703. The number of unbranched alkanes of at least 4 members (excludes halogenated alkanes) is 3. The minimum absolute atomic E-state index is 0.157. The van der Waals surface area contributed by atoms with Crippen LogP contribution in [0, 0.1) is 0 Å². The van der Waals surface area contributed by atoms with E-state index in [1.165, 1.54) is 36.8 Å². The van der Waals surface area contributed by atoms with Crippen LogP contribution in [0.5, 0.6) is 0 Å². The Hall–Kier alpha value is -1.74. The summed E-state index contributed by atoms with van der Waals surface area (Å²) >= 11 is 1.86. The van der Waals surface area contributed by atoms with Crippen molar-refractivity contribution in [3.05, 3.63) is 71.8 Å². The predicted octanol–water partition coefficient (Wildman–Crippen LogP) is 6.77. The molecule has 0 aliphatic rings. The highest BCUT2D eigenvalue weighted by atomic mass is 32.2. The van der Waals surface area contributed by atoms with Gasteiger partial charge in [0.05, 0.1) is 12.1 Å². The summed E-state index contributed by atoms with van der Waals surface area (Å²) in [5, 5.41) is 4.69. The summed E-state index contributed by atoms with van der Waals surface area (Å²) in [5.74, 6) is 1.12. The standard InChI is InChI=1S/C23H32N2S/c1-4-5-6-13-18-26-23(24-19(2)21-14-9-7-10-15-21)25-20(3)22-16-11-8-12-17-22/h7-12,14-17,19-20H,4-6,13,18H2,1-3H3,(H,24,25)/t19-,20-/m0/s1. The van der Waals surface area contributed by atoms with E-state index in [4.69, 9.17) is 4.99 Å². The van der Waals surface area contributed by atoms with Gasteiger partial charge in [0.2, 0.25) is 0 Å². The van der Waals surface area contributed by atoms with Crippen LogP contribution in [0.3, 0.4) is 0 Å². The second-order valence-corrected chi connectivity index (χ2v) is 7.79. The Bertz CT molecular complexity index is 640. The Morgan fingerprint density at radius 2 is 1.50 bits per heavy atom. The van der Waals surface area contributed by atoms with Gasteiger partial charge >= 0.3 is 0 Å². The second-order valence-electron chi connectivity index (χ2n) is 6.71. The van der Waals surface area contributed by atoms with Gasteiger partial charge < -0.3 is 5.32 Å². The van der Waals surface area contributed by atoms with Crippen LogP contribution in [-0.2, 0) is 0 Å². The minimum Gasteiger partial charge on any atom is -0.358 e. The Labute approximate surface area is 163 Å². The van der Waals surface area contributed by atoms with E-state index in [-0.39, 0.29) is 12.1 Å².